The van der Waals surface area contributed by atoms with Crippen LogP contribution in [0.3, 0.4) is 0 Å². The topological polar surface area (TPSA) is 56.7 Å². The van der Waals surface area contributed by atoms with Gasteiger partial charge in [-0.25, -0.2) is 0 Å². The van der Waals surface area contributed by atoms with Gasteiger partial charge >= 0.3 is 0 Å². The Bertz CT molecular complexity index is 299. The van der Waals surface area contributed by atoms with Crippen LogP contribution in [-0.4, -0.2) is 21.5 Å². The summed E-state index contributed by atoms with van der Waals surface area (Å²) in [5.41, 5.74) is 7.10. The molecule has 1 aromatic rings. The van der Waals surface area contributed by atoms with Crippen molar-refractivity contribution in [2.24, 2.45) is 5.73 Å². The Kier molecular flexibility index (Phi) is 2.54. The monoisotopic (exact) mass is 194 g/mol. The van der Waals surface area contributed by atoms with Gasteiger partial charge in [0, 0.05) is 24.7 Å². The van der Waals surface area contributed by atoms with Crippen LogP contribution in [0.5, 0.6) is 0 Å². The third-order valence-corrected chi connectivity index (χ3v) is 3.36. The van der Waals surface area contributed by atoms with Crippen molar-refractivity contribution in [3.63, 3.8) is 0 Å². The number of nitrogens with two attached hydrogens (primary N) is 1. The highest BCUT2D eigenvalue weighted by molar-refractivity contribution is 5.15. The third-order valence-electron chi connectivity index (χ3n) is 3.36. The van der Waals surface area contributed by atoms with E-state index in [2.05, 4.69) is 23.4 Å². The normalized spacial score (nSPS) is 20.1. The van der Waals surface area contributed by atoms with E-state index in [4.69, 9.17) is 5.73 Å². The molecule has 1 aliphatic rings. The molecule has 0 unspecified atom stereocenters. The highest BCUT2D eigenvalue weighted by Gasteiger charge is 2.36. The van der Waals surface area contributed by atoms with Crippen LogP contribution in [-0.2, 0) is 12.0 Å². The van der Waals surface area contributed by atoms with Crippen LogP contribution in [0.2, 0.25) is 0 Å². The molecular formula is C10H18N4. The van der Waals surface area contributed by atoms with Crippen molar-refractivity contribution in [3.05, 3.63) is 11.9 Å². The number of nitrogens with zero attached hydrogens (tertiary/aromatic N) is 3. The fourth-order valence-corrected chi connectivity index (χ4v) is 2.31. The first kappa shape index (κ1) is 9.65. The molecule has 1 saturated carbocycles. The molecular weight excluding hydrogens is 176 g/mol. The van der Waals surface area contributed by atoms with E-state index in [1.165, 1.54) is 25.7 Å². The van der Waals surface area contributed by atoms with Crippen LogP contribution in [0, 0.1) is 0 Å². The molecule has 0 bridgehead atoms. The molecule has 0 aliphatic heterocycles. The highest BCUT2D eigenvalue weighted by Crippen LogP contribution is 2.38. The first-order chi connectivity index (χ1) is 6.80. The maximum Gasteiger partial charge on any atom is 0.0901 e. The average molecular weight is 194 g/mol. The number of rotatable bonds is 3. The van der Waals surface area contributed by atoms with E-state index in [1.807, 2.05) is 4.68 Å². The first-order valence-electron chi connectivity index (χ1n) is 5.41. The van der Waals surface area contributed by atoms with Gasteiger partial charge in [-0.3, -0.25) is 4.68 Å². The van der Waals surface area contributed by atoms with Crippen LogP contribution in [0.15, 0.2) is 6.20 Å². The fraction of sp³-hybridized carbons (Fsp3) is 0.800. The van der Waals surface area contributed by atoms with Gasteiger partial charge in [-0.05, 0) is 19.8 Å². The molecule has 0 aromatic carbocycles. The summed E-state index contributed by atoms with van der Waals surface area (Å²) < 4.78 is 1.88. The zero-order valence-electron chi connectivity index (χ0n) is 8.74. The SMILES string of the molecule is CCn1cc(C2(CN)CCCC2)nn1. The molecule has 2 rings (SSSR count). The lowest BCUT2D eigenvalue weighted by Crippen LogP contribution is -2.32. The molecule has 0 spiro atoms. The maximum absolute atomic E-state index is 5.87. The van der Waals surface area contributed by atoms with E-state index in [1.54, 1.807) is 0 Å². The molecule has 0 atom stereocenters. The minimum absolute atomic E-state index is 0.132. The Labute approximate surface area is 84.5 Å². The van der Waals surface area contributed by atoms with Crippen molar-refractivity contribution < 1.29 is 0 Å². The molecule has 1 heterocycles. The second kappa shape index (κ2) is 3.69. The van der Waals surface area contributed by atoms with Gasteiger partial charge in [0.2, 0.25) is 0 Å². The van der Waals surface area contributed by atoms with Crippen molar-refractivity contribution >= 4 is 0 Å². The van der Waals surface area contributed by atoms with Gasteiger partial charge < -0.3 is 5.73 Å². The second-order valence-corrected chi connectivity index (χ2v) is 4.15. The molecule has 1 fully saturated rings. The second-order valence-electron chi connectivity index (χ2n) is 4.15. The van der Waals surface area contributed by atoms with Crippen LogP contribution >= 0.6 is 0 Å². The summed E-state index contributed by atoms with van der Waals surface area (Å²) in [7, 11) is 0. The van der Waals surface area contributed by atoms with E-state index >= 15 is 0 Å². The number of aromatic nitrogens is 3. The Balaban J connectivity index is 2.26. The summed E-state index contributed by atoms with van der Waals surface area (Å²) in [4.78, 5) is 0. The van der Waals surface area contributed by atoms with Crippen molar-refractivity contribution in [2.75, 3.05) is 6.54 Å². The Hall–Kier alpha value is -0.900. The van der Waals surface area contributed by atoms with Crippen LogP contribution in [0.1, 0.15) is 38.3 Å². The standard InChI is InChI=1S/C10H18N4/c1-2-14-7-9(12-13-14)10(8-11)5-3-4-6-10/h7H,2-6,8,11H2,1H3. The lowest BCUT2D eigenvalue weighted by Gasteiger charge is -2.23. The molecule has 78 valence electrons. The lowest BCUT2D eigenvalue weighted by atomic mass is 9.83. The van der Waals surface area contributed by atoms with Crippen molar-refractivity contribution in [2.45, 2.75) is 44.6 Å². The zero-order valence-corrected chi connectivity index (χ0v) is 8.74. The first-order valence-corrected chi connectivity index (χ1v) is 5.41. The van der Waals surface area contributed by atoms with Crippen molar-refractivity contribution in [1.82, 2.24) is 15.0 Å². The molecule has 1 aliphatic carbocycles. The Morgan fingerprint density at radius 1 is 1.50 bits per heavy atom. The average Bonchev–Trinajstić information content (AvgIpc) is 2.87. The minimum Gasteiger partial charge on any atom is -0.330 e. The Morgan fingerprint density at radius 3 is 2.71 bits per heavy atom. The molecule has 4 nitrogen and oxygen atoms in total. The minimum atomic E-state index is 0.132. The van der Waals surface area contributed by atoms with Crippen LogP contribution in [0.25, 0.3) is 0 Å². The molecule has 2 N–H and O–H groups in total. The smallest absolute Gasteiger partial charge is 0.0901 e. The van der Waals surface area contributed by atoms with E-state index < -0.39 is 0 Å². The molecule has 4 heteroatoms. The van der Waals surface area contributed by atoms with E-state index in [9.17, 15) is 0 Å². The van der Waals surface area contributed by atoms with E-state index in [0.717, 1.165) is 12.2 Å². The Morgan fingerprint density at radius 2 is 2.21 bits per heavy atom. The van der Waals surface area contributed by atoms with Crippen LogP contribution in [0.4, 0.5) is 0 Å². The summed E-state index contributed by atoms with van der Waals surface area (Å²) in [5, 5.41) is 8.33. The zero-order chi connectivity index (χ0) is 10.0. The summed E-state index contributed by atoms with van der Waals surface area (Å²) in [6.07, 6.45) is 6.95. The summed E-state index contributed by atoms with van der Waals surface area (Å²) in [6.45, 7) is 3.66. The molecule has 0 radical (unpaired) electrons. The van der Waals surface area contributed by atoms with Gasteiger partial charge in [0.25, 0.3) is 0 Å². The fourth-order valence-electron chi connectivity index (χ4n) is 2.31. The predicted molar refractivity (Wildman–Crippen MR) is 54.9 cm³/mol. The van der Waals surface area contributed by atoms with E-state index in [-0.39, 0.29) is 5.41 Å². The summed E-state index contributed by atoms with van der Waals surface area (Å²) >= 11 is 0. The summed E-state index contributed by atoms with van der Waals surface area (Å²) in [6, 6.07) is 0. The molecule has 1 aromatic heterocycles. The maximum atomic E-state index is 5.87. The number of hydrogen-bond acceptors (Lipinski definition) is 3. The van der Waals surface area contributed by atoms with Gasteiger partial charge in [-0.2, -0.15) is 0 Å². The van der Waals surface area contributed by atoms with Gasteiger partial charge in [0.1, 0.15) is 0 Å². The van der Waals surface area contributed by atoms with Gasteiger partial charge in [0.05, 0.1) is 5.69 Å². The van der Waals surface area contributed by atoms with Gasteiger partial charge in [-0.15, -0.1) is 5.10 Å². The van der Waals surface area contributed by atoms with Gasteiger partial charge in [-0.1, -0.05) is 18.1 Å². The highest BCUT2D eigenvalue weighted by atomic mass is 15.4. The quantitative estimate of drug-likeness (QED) is 0.783. The lowest BCUT2D eigenvalue weighted by molar-refractivity contribution is 0.438. The van der Waals surface area contributed by atoms with Crippen LogP contribution < -0.4 is 5.73 Å². The third kappa shape index (κ3) is 1.43. The number of aryl methyl sites for hydroxylation is 1. The predicted octanol–water partition coefficient (Wildman–Crippen LogP) is 1.07. The van der Waals surface area contributed by atoms with E-state index in [0.29, 0.717) is 6.54 Å². The molecule has 14 heavy (non-hydrogen) atoms. The van der Waals surface area contributed by atoms with Gasteiger partial charge in [0.15, 0.2) is 0 Å². The number of hydrogen-bond donors (Lipinski definition) is 1. The molecule has 0 amide bonds. The largest absolute Gasteiger partial charge is 0.330 e. The van der Waals surface area contributed by atoms with Crippen molar-refractivity contribution in [1.29, 1.82) is 0 Å². The molecule has 0 saturated heterocycles. The summed E-state index contributed by atoms with van der Waals surface area (Å²) in [5.74, 6) is 0. The van der Waals surface area contributed by atoms with Crippen molar-refractivity contribution in [3.8, 4) is 0 Å².